The summed E-state index contributed by atoms with van der Waals surface area (Å²) in [6.07, 6.45) is -3.84. The molecule has 0 saturated carbocycles. The number of rotatable bonds is 2. The van der Waals surface area contributed by atoms with Gasteiger partial charge in [-0.1, -0.05) is 11.8 Å². The minimum atomic E-state index is -4.49. The lowest BCUT2D eigenvalue weighted by Gasteiger charge is -2.08. The molecule has 0 aliphatic carbocycles. The number of aromatic nitrogens is 1. The van der Waals surface area contributed by atoms with Crippen LogP contribution in [0.5, 0.6) is 0 Å². The van der Waals surface area contributed by atoms with Gasteiger partial charge in [0.1, 0.15) is 16.7 Å². The van der Waals surface area contributed by atoms with E-state index in [1.165, 1.54) is 0 Å². The fourth-order valence-electron chi connectivity index (χ4n) is 1.37. The summed E-state index contributed by atoms with van der Waals surface area (Å²) >= 11 is 0.778. The topological polar surface area (TPSA) is 38.9 Å². The second kappa shape index (κ2) is 5.28. The van der Waals surface area contributed by atoms with Crippen molar-refractivity contribution in [3.63, 3.8) is 0 Å². The first kappa shape index (κ1) is 14.6. The van der Waals surface area contributed by atoms with Gasteiger partial charge in [-0.25, -0.2) is 13.8 Å². The highest BCUT2D eigenvalue weighted by molar-refractivity contribution is 7.99. The molecular weight excluding hydrogens is 299 g/mol. The summed E-state index contributed by atoms with van der Waals surface area (Å²) < 4.78 is 63.3. The number of pyridine rings is 1. The highest BCUT2D eigenvalue weighted by Crippen LogP contribution is 2.34. The molecule has 20 heavy (non-hydrogen) atoms. The van der Waals surface area contributed by atoms with Crippen LogP contribution in [-0.4, -0.2) is 4.98 Å². The van der Waals surface area contributed by atoms with Gasteiger partial charge in [0.25, 0.3) is 0 Å². The molecule has 0 aliphatic heterocycles. The minimum Gasteiger partial charge on any atom is -0.395 e. The molecule has 0 aliphatic rings. The Hall–Kier alpha value is -1.83. The van der Waals surface area contributed by atoms with Crippen LogP contribution < -0.4 is 5.73 Å². The number of halogens is 5. The van der Waals surface area contributed by atoms with Crippen molar-refractivity contribution in [2.24, 2.45) is 0 Å². The lowest BCUT2D eigenvalue weighted by atomic mass is 10.3. The van der Waals surface area contributed by atoms with E-state index in [9.17, 15) is 22.0 Å². The molecule has 0 amide bonds. The summed E-state index contributed by atoms with van der Waals surface area (Å²) in [7, 11) is 0. The molecular formula is C12H7F5N2S. The highest BCUT2D eigenvalue weighted by atomic mass is 32.2. The van der Waals surface area contributed by atoms with Crippen LogP contribution in [0.3, 0.4) is 0 Å². The van der Waals surface area contributed by atoms with Gasteiger partial charge in [-0.2, -0.15) is 13.2 Å². The number of nitrogen functional groups attached to an aromatic ring is 1. The smallest absolute Gasteiger partial charge is 0.395 e. The molecule has 0 unspecified atom stereocenters. The van der Waals surface area contributed by atoms with E-state index in [4.69, 9.17) is 5.73 Å². The molecule has 0 atom stereocenters. The molecule has 2 rings (SSSR count). The quantitative estimate of drug-likeness (QED) is 0.670. The maximum absolute atomic E-state index is 13.2. The van der Waals surface area contributed by atoms with E-state index in [2.05, 4.69) is 4.98 Å². The van der Waals surface area contributed by atoms with Crippen LogP contribution in [0.2, 0.25) is 0 Å². The number of nitrogens with zero attached hydrogens (tertiary/aromatic N) is 1. The molecule has 1 aromatic carbocycles. The molecule has 106 valence electrons. The zero-order valence-corrected chi connectivity index (χ0v) is 10.5. The molecule has 2 aromatic rings. The number of hydrogen-bond acceptors (Lipinski definition) is 3. The Bertz CT molecular complexity index is 625. The summed E-state index contributed by atoms with van der Waals surface area (Å²) in [5.74, 6) is -1.76. The van der Waals surface area contributed by atoms with Crippen LogP contribution in [0.15, 0.2) is 40.4 Å². The molecule has 0 bridgehead atoms. The SMILES string of the molecule is Nc1c(F)cc(F)cc1Sc1ccc(C(F)(F)F)cn1. The van der Waals surface area contributed by atoms with Crippen molar-refractivity contribution >= 4 is 17.4 Å². The lowest BCUT2D eigenvalue weighted by Crippen LogP contribution is -2.05. The molecule has 0 fully saturated rings. The molecule has 0 radical (unpaired) electrons. The summed E-state index contributed by atoms with van der Waals surface area (Å²) in [6, 6.07) is 3.55. The monoisotopic (exact) mass is 306 g/mol. The lowest BCUT2D eigenvalue weighted by molar-refractivity contribution is -0.137. The molecule has 1 heterocycles. The number of alkyl halides is 3. The fraction of sp³-hybridized carbons (Fsp3) is 0.0833. The van der Waals surface area contributed by atoms with Gasteiger partial charge in [-0.3, -0.25) is 0 Å². The number of hydrogen-bond donors (Lipinski definition) is 1. The molecule has 8 heteroatoms. The maximum Gasteiger partial charge on any atom is 0.417 e. The van der Waals surface area contributed by atoms with Gasteiger partial charge in [0.2, 0.25) is 0 Å². The number of anilines is 1. The standard InChI is InChI=1S/C12H7F5N2S/c13-7-3-8(14)11(18)9(4-7)20-10-2-1-6(5-19-10)12(15,16)17/h1-5H,18H2. The molecule has 0 saturated heterocycles. The van der Waals surface area contributed by atoms with Gasteiger partial charge < -0.3 is 5.73 Å². The molecule has 0 spiro atoms. The summed E-state index contributed by atoms with van der Waals surface area (Å²) in [5, 5.41) is 0.148. The summed E-state index contributed by atoms with van der Waals surface area (Å²) in [4.78, 5) is 3.63. The predicted molar refractivity (Wildman–Crippen MR) is 64.1 cm³/mol. The van der Waals surface area contributed by atoms with Gasteiger partial charge in [-0.15, -0.1) is 0 Å². The zero-order valence-electron chi connectivity index (χ0n) is 9.71. The largest absolute Gasteiger partial charge is 0.417 e. The normalized spacial score (nSPS) is 11.7. The third kappa shape index (κ3) is 3.19. The second-order valence-corrected chi connectivity index (χ2v) is 4.85. The van der Waals surface area contributed by atoms with Crippen LogP contribution in [0.1, 0.15) is 5.56 Å². The first-order valence-corrected chi connectivity index (χ1v) is 6.04. The van der Waals surface area contributed by atoms with E-state index in [1.54, 1.807) is 0 Å². The van der Waals surface area contributed by atoms with E-state index in [-0.39, 0.29) is 15.6 Å². The Morgan fingerprint density at radius 3 is 2.35 bits per heavy atom. The third-order valence-corrected chi connectivity index (χ3v) is 3.34. The van der Waals surface area contributed by atoms with Crippen molar-refractivity contribution in [2.75, 3.05) is 5.73 Å². The minimum absolute atomic E-state index is 0.0507. The van der Waals surface area contributed by atoms with Crippen molar-refractivity contribution in [1.82, 2.24) is 4.98 Å². The molecule has 1 aromatic heterocycles. The van der Waals surface area contributed by atoms with E-state index in [1.807, 2.05) is 0 Å². The Kier molecular flexibility index (Phi) is 3.85. The van der Waals surface area contributed by atoms with Crippen LogP contribution in [-0.2, 0) is 6.18 Å². The van der Waals surface area contributed by atoms with Crippen LogP contribution in [0.25, 0.3) is 0 Å². The zero-order chi connectivity index (χ0) is 14.9. The van der Waals surface area contributed by atoms with Crippen molar-refractivity contribution in [3.8, 4) is 0 Å². The number of benzene rings is 1. The first-order valence-electron chi connectivity index (χ1n) is 5.23. The Labute approximate surface area is 114 Å². The van der Waals surface area contributed by atoms with Gasteiger partial charge >= 0.3 is 6.18 Å². The average Bonchev–Trinajstić information content (AvgIpc) is 2.35. The second-order valence-electron chi connectivity index (χ2n) is 3.78. The van der Waals surface area contributed by atoms with Gasteiger partial charge in [-0.05, 0) is 18.2 Å². The van der Waals surface area contributed by atoms with Crippen molar-refractivity contribution in [1.29, 1.82) is 0 Å². The van der Waals surface area contributed by atoms with Crippen molar-refractivity contribution in [2.45, 2.75) is 16.1 Å². The third-order valence-electron chi connectivity index (χ3n) is 2.33. The number of nitrogens with two attached hydrogens (primary N) is 1. The summed E-state index contributed by atoms with van der Waals surface area (Å²) in [5.41, 5.74) is 4.25. The van der Waals surface area contributed by atoms with Gasteiger partial charge in [0, 0.05) is 17.2 Å². The van der Waals surface area contributed by atoms with Gasteiger partial charge in [0.05, 0.1) is 11.3 Å². The Balaban J connectivity index is 2.27. The molecule has 2 N–H and O–H groups in total. The van der Waals surface area contributed by atoms with Crippen LogP contribution in [0, 0.1) is 11.6 Å². The van der Waals surface area contributed by atoms with Crippen molar-refractivity contribution < 1.29 is 22.0 Å². The predicted octanol–water partition coefficient (Wildman–Crippen LogP) is 4.11. The van der Waals surface area contributed by atoms with E-state index >= 15 is 0 Å². The fourth-order valence-corrected chi connectivity index (χ4v) is 2.21. The van der Waals surface area contributed by atoms with Gasteiger partial charge in [0.15, 0.2) is 0 Å². The average molecular weight is 306 g/mol. The maximum atomic E-state index is 13.2. The van der Waals surface area contributed by atoms with E-state index < -0.39 is 23.4 Å². The van der Waals surface area contributed by atoms with Crippen LogP contribution >= 0.6 is 11.8 Å². The highest BCUT2D eigenvalue weighted by Gasteiger charge is 2.30. The van der Waals surface area contributed by atoms with E-state index in [0.29, 0.717) is 12.3 Å². The Morgan fingerprint density at radius 2 is 1.80 bits per heavy atom. The van der Waals surface area contributed by atoms with E-state index in [0.717, 1.165) is 30.0 Å². The van der Waals surface area contributed by atoms with Crippen LogP contribution in [0.4, 0.5) is 27.6 Å². The first-order chi connectivity index (χ1) is 9.27. The molecule has 2 nitrogen and oxygen atoms in total. The Morgan fingerprint density at radius 1 is 1.10 bits per heavy atom. The summed E-state index contributed by atoms with van der Waals surface area (Å²) in [6.45, 7) is 0. The van der Waals surface area contributed by atoms with Crippen molar-refractivity contribution in [3.05, 3.63) is 47.7 Å².